The first-order valence-electron chi connectivity index (χ1n) is 6.92. The summed E-state index contributed by atoms with van der Waals surface area (Å²) < 4.78 is 5.29. The van der Waals surface area contributed by atoms with E-state index in [2.05, 4.69) is 5.32 Å². The Kier molecular flexibility index (Phi) is 3.48. The first-order valence-corrected chi connectivity index (χ1v) is 6.92. The number of anilines is 1. The van der Waals surface area contributed by atoms with Gasteiger partial charge in [0, 0.05) is 17.8 Å². The average Bonchev–Trinajstić information content (AvgIpc) is 3.11. The number of carbonyl (C=O) groups is 2. The number of benzene rings is 1. The number of nitrogens with zero attached hydrogens (tertiary/aromatic N) is 1. The minimum absolute atomic E-state index is 0.0301. The van der Waals surface area contributed by atoms with Crippen LogP contribution >= 0.6 is 0 Å². The molecule has 0 unspecified atom stereocenters. The summed E-state index contributed by atoms with van der Waals surface area (Å²) in [4.78, 5) is 25.6. The zero-order valence-electron chi connectivity index (χ0n) is 11.8. The molecule has 0 saturated carbocycles. The predicted molar refractivity (Wildman–Crippen MR) is 77.9 cm³/mol. The van der Waals surface area contributed by atoms with E-state index in [0.29, 0.717) is 25.1 Å². The second-order valence-corrected chi connectivity index (χ2v) is 5.00. The highest BCUT2D eigenvalue weighted by molar-refractivity contribution is 6.02. The van der Waals surface area contributed by atoms with Gasteiger partial charge in [-0.1, -0.05) is 6.07 Å². The quantitative estimate of drug-likeness (QED) is 0.938. The lowest BCUT2D eigenvalue weighted by Gasteiger charge is -2.20. The van der Waals surface area contributed by atoms with Crippen LogP contribution in [-0.2, 0) is 17.8 Å². The van der Waals surface area contributed by atoms with Crippen molar-refractivity contribution in [2.45, 2.75) is 19.9 Å². The van der Waals surface area contributed by atoms with Gasteiger partial charge in [-0.3, -0.25) is 9.59 Å². The van der Waals surface area contributed by atoms with Crippen molar-refractivity contribution < 1.29 is 14.0 Å². The number of nitrogens with one attached hydrogen (secondary N) is 1. The SMILES string of the molecule is CCN(Cc1ccco1)C(=O)c1ccc2c(c1)NC(=O)C2. The topological polar surface area (TPSA) is 62.6 Å². The Morgan fingerprint density at radius 2 is 2.24 bits per heavy atom. The summed E-state index contributed by atoms with van der Waals surface area (Å²) in [6.07, 6.45) is 1.98. The number of furan rings is 1. The molecule has 1 aliphatic heterocycles. The number of carbonyl (C=O) groups excluding carboxylic acids is 2. The van der Waals surface area contributed by atoms with E-state index in [0.717, 1.165) is 17.0 Å². The molecule has 0 aliphatic carbocycles. The van der Waals surface area contributed by atoms with E-state index in [-0.39, 0.29) is 11.8 Å². The Hall–Kier alpha value is -2.56. The van der Waals surface area contributed by atoms with Gasteiger partial charge in [0.2, 0.25) is 5.91 Å². The van der Waals surface area contributed by atoms with E-state index < -0.39 is 0 Å². The molecule has 108 valence electrons. The number of fused-ring (bicyclic) bond motifs is 1. The molecule has 1 aromatic carbocycles. The molecule has 5 heteroatoms. The molecule has 2 heterocycles. The summed E-state index contributed by atoms with van der Waals surface area (Å²) >= 11 is 0. The van der Waals surface area contributed by atoms with Crippen molar-refractivity contribution in [3.8, 4) is 0 Å². The Bertz CT molecular complexity index is 677. The maximum absolute atomic E-state index is 12.6. The van der Waals surface area contributed by atoms with E-state index in [4.69, 9.17) is 4.42 Å². The van der Waals surface area contributed by atoms with Crippen LogP contribution in [0.3, 0.4) is 0 Å². The van der Waals surface area contributed by atoms with Crippen molar-refractivity contribution in [1.29, 1.82) is 0 Å². The van der Waals surface area contributed by atoms with Crippen LogP contribution in [-0.4, -0.2) is 23.3 Å². The molecular weight excluding hydrogens is 268 g/mol. The third-order valence-corrected chi connectivity index (χ3v) is 3.58. The standard InChI is InChI=1S/C16H16N2O3/c1-2-18(10-13-4-3-7-21-13)16(20)12-6-5-11-9-15(19)17-14(11)8-12/h3-8H,2,9-10H2,1H3,(H,17,19). The predicted octanol–water partition coefficient (Wildman–Crippen LogP) is 2.44. The van der Waals surface area contributed by atoms with Gasteiger partial charge in [0.25, 0.3) is 5.91 Å². The highest BCUT2D eigenvalue weighted by atomic mass is 16.3. The second kappa shape index (κ2) is 5.44. The van der Waals surface area contributed by atoms with E-state index >= 15 is 0 Å². The largest absolute Gasteiger partial charge is 0.467 e. The monoisotopic (exact) mass is 284 g/mol. The smallest absolute Gasteiger partial charge is 0.254 e. The fourth-order valence-corrected chi connectivity index (χ4v) is 2.45. The fraction of sp³-hybridized carbons (Fsp3) is 0.250. The highest BCUT2D eigenvalue weighted by Gasteiger charge is 2.21. The van der Waals surface area contributed by atoms with Gasteiger partial charge >= 0.3 is 0 Å². The molecule has 0 fully saturated rings. The number of amides is 2. The van der Waals surface area contributed by atoms with Gasteiger partial charge in [-0.05, 0) is 36.8 Å². The lowest BCUT2D eigenvalue weighted by atomic mass is 10.1. The van der Waals surface area contributed by atoms with Crippen molar-refractivity contribution in [1.82, 2.24) is 4.90 Å². The molecule has 0 saturated heterocycles. The molecule has 1 N–H and O–H groups in total. The minimum atomic E-state index is -0.0714. The Morgan fingerprint density at radius 3 is 2.95 bits per heavy atom. The molecule has 21 heavy (non-hydrogen) atoms. The molecule has 1 aliphatic rings. The summed E-state index contributed by atoms with van der Waals surface area (Å²) in [5, 5.41) is 2.77. The molecule has 5 nitrogen and oxygen atoms in total. The third-order valence-electron chi connectivity index (χ3n) is 3.58. The van der Waals surface area contributed by atoms with Crippen LogP contribution in [0.15, 0.2) is 41.0 Å². The summed E-state index contributed by atoms with van der Waals surface area (Å²) in [6, 6.07) is 9.00. The van der Waals surface area contributed by atoms with Crippen LogP contribution in [0, 0.1) is 0 Å². The third kappa shape index (κ3) is 2.67. The van der Waals surface area contributed by atoms with E-state index in [1.165, 1.54) is 0 Å². The lowest BCUT2D eigenvalue weighted by molar-refractivity contribution is -0.115. The molecule has 0 radical (unpaired) electrons. The second-order valence-electron chi connectivity index (χ2n) is 5.00. The summed E-state index contributed by atoms with van der Waals surface area (Å²) in [6.45, 7) is 2.95. The van der Waals surface area contributed by atoms with Gasteiger partial charge in [-0.25, -0.2) is 0 Å². The molecule has 3 rings (SSSR count). The van der Waals surface area contributed by atoms with Gasteiger partial charge in [-0.15, -0.1) is 0 Å². The van der Waals surface area contributed by atoms with Gasteiger partial charge in [0.1, 0.15) is 5.76 Å². The Balaban J connectivity index is 1.80. The van der Waals surface area contributed by atoms with Crippen molar-refractivity contribution in [2.75, 3.05) is 11.9 Å². The van der Waals surface area contributed by atoms with Crippen LogP contribution in [0.25, 0.3) is 0 Å². The van der Waals surface area contributed by atoms with Crippen molar-refractivity contribution in [3.63, 3.8) is 0 Å². The number of hydrogen-bond donors (Lipinski definition) is 1. The van der Waals surface area contributed by atoms with Gasteiger partial charge in [0.05, 0.1) is 19.2 Å². The number of hydrogen-bond acceptors (Lipinski definition) is 3. The molecular formula is C16H16N2O3. The van der Waals surface area contributed by atoms with Crippen LogP contribution in [0.1, 0.15) is 28.6 Å². The van der Waals surface area contributed by atoms with Crippen LogP contribution in [0.2, 0.25) is 0 Å². The Labute approximate surface area is 122 Å². The first-order chi connectivity index (χ1) is 10.2. The molecule has 0 bridgehead atoms. The summed E-state index contributed by atoms with van der Waals surface area (Å²) in [5.74, 6) is 0.648. The maximum Gasteiger partial charge on any atom is 0.254 e. The van der Waals surface area contributed by atoms with E-state index in [1.807, 2.05) is 19.1 Å². The first kappa shape index (κ1) is 13.4. The number of rotatable bonds is 4. The fourth-order valence-electron chi connectivity index (χ4n) is 2.45. The molecule has 0 spiro atoms. The minimum Gasteiger partial charge on any atom is -0.467 e. The van der Waals surface area contributed by atoms with E-state index in [1.54, 1.807) is 29.4 Å². The van der Waals surface area contributed by atoms with Crippen LogP contribution in [0.5, 0.6) is 0 Å². The van der Waals surface area contributed by atoms with Gasteiger partial charge in [0.15, 0.2) is 0 Å². The van der Waals surface area contributed by atoms with Crippen molar-refractivity contribution in [3.05, 3.63) is 53.5 Å². The zero-order valence-corrected chi connectivity index (χ0v) is 11.8. The average molecular weight is 284 g/mol. The zero-order chi connectivity index (χ0) is 14.8. The van der Waals surface area contributed by atoms with Crippen LogP contribution in [0.4, 0.5) is 5.69 Å². The van der Waals surface area contributed by atoms with Crippen LogP contribution < -0.4 is 5.32 Å². The molecule has 1 aromatic heterocycles. The molecule has 2 amide bonds. The maximum atomic E-state index is 12.6. The van der Waals surface area contributed by atoms with Gasteiger partial charge < -0.3 is 14.6 Å². The highest BCUT2D eigenvalue weighted by Crippen LogP contribution is 2.25. The molecule has 0 atom stereocenters. The molecule has 2 aromatic rings. The van der Waals surface area contributed by atoms with Crippen molar-refractivity contribution in [2.24, 2.45) is 0 Å². The van der Waals surface area contributed by atoms with Crippen molar-refractivity contribution >= 4 is 17.5 Å². The van der Waals surface area contributed by atoms with E-state index in [9.17, 15) is 9.59 Å². The summed E-state index contributed by atoms with van der Waals surface area (Å²) in [7, 11) is 0. The van der Waals surface area contributed by atoms with Gasteiger partial charge in [-0.2, -0.15) is 0 Å². The lowest BCUT2D eigenvalue weighted by Crippen LogP contribution is -2.30. The summed E-state index contributed by atoms with van der Waals surface area (Å²) in [5.41, 5.74) is 2.25. The Morgan fingerprint density at radius 1 is 1.38 bits per heavy atom. The normalized spacial score (nSPS) is 12.9.